The molecule has 28 heavy (non-hydrogen) atoms. The van der Waals surface area contributed by atoms with E-state index in [1.54, 1.807) is 23.1 Å². The molecule has 0 saturated carbocycles. The number of benzene rings is 2. The number of hydrogen-bond donors (Lipinski definition) is 1. The zero-order chi connectivity index (χ0) is 19.7. The van der Waals surface area contributed by atoms with E-state index in [-0.39, 0.29) is 16.7 Å². The van der Waals surface area contributed by atoms with Gasteiger partial charge < -0.3 is 4.90 Å². The minimum Gasteiger partial charge on any atom is -0.308 e. The fourth-order valence-electron chi connectivity index (χ4n) is 3.17. The lowest BCUT2D eigenvalue weighted by atomic mass is 10.1. The van der Waals surface area contributed by atoms with Crippen molar-refractivity contribution < 1.29 is 13.2 Å². The van der Waals surface area contributed by atoms with Gasteiger partial charge in [-0.25, -0.2) is 13.1 Å². The molecular weight excluding hydrogens is 416 g/mol. The number of carbonyl (C=O) groups excluding carboxylic acids is 1. The van der Waals surface area contributed by atoms with Gasteiger partial charge in [0, 0.05) is 24.3 Å². The van der Waals surface area contributed by atoms with E-state index in [0.717, 1.165) is 34.6 Å². The minimum absolute atomic E-state index is 0.0506. The van der Waals surface area contributed by atoms with Gasteiger partial charge in [-0.2, -0.15) is 0 Å². The molecule has 0 bridgehead atoms. The van der Waals surface area contributed by atoms with Crippen LogP contribution in [-0.4, -0.2) is 20.9 Å². The predicted molar refractivity (Wildman–Crippen MR) is 112 cm³/mol. The summed E-state index contributed by atoms with van der Waals surface area (Å²) in [6.07, 6.45) is 0.785. The molecule has 2 heterocycles. The van der Waals surface area contributed by atoms with Crippen LogP contribution in [0.2, 0.25) is 4.34 Å². The van der Waals surface area contributed by atoms with Gasteiger partial charge in [0.2, 0.25) is 10.0 Å². The SMILES string of the molecule is O=C(c1ccccc1)N1CCc2ccc(CNS(=O)(=O)c3ccc(Cl)s3)cc21. The molecule has 0 saturated heterocycles. The van der Waals surface area contributed by atoms with E-state index in [0.29, 0.717) is 16.4 Å². The molecule has 5 nitrogen and oxygen atoms in total. The average Bonchev–Trinajstić information content (AvgIpc) is 3.33. The van der Waals surface area contributed by atoms with Crippen LogP contribution in [0.3, 0.4) is 0 Å². The lowest BCUT2D eigenvalue weighted by molar-refractivity contribution is 0.0989. The standard InChI is InChI=1S/C20H17ClN2O3S2/c21-18-8-9-19(27-18)28(25,26)22-13-14-6-7-15-10-11-23(17(15)12-14)20(24)16-4-2-1-3-5-16/h1-9,12,22H,10-11,13H2. The van der Waals surface area contributed by atoms with Gasteiger partial charge in [0.25, 0.3) is 5.91 Å². The first-order chi connectivity index (χ1) is 13.4. The van der Waals surface area contributed by atoms with Crippen molar-refractivity contribution in [1.29, 1.82) is 0 Å². The molecule has 0 atom stereocenters. The van der Waals surface area contributed by atoms with Crippen LogP contribution in [0, 0.1) is 0 Å². The maximum atomic E-state index is 12.8. The summed E-state index contributed by atoms with van der Waals surface area (Å²) >= 11 is 6.85. The number of nitrogens with one attached hydrogen (secondary N) is 1. The predicted octanol–water partition coefficient (Wildman–Crippen LogP) is 4.08. The Morgan fingerprint density at radius 2 is 1.89 bits per heavy atom. The molecule has 1 aliphatic heterocycles. The molecule has 1 aromatic heterocycles. The summed E-state index contributed by atoms with van der Waals surface area (Å²) in [4.78, 5) is 14.6. The van der Waals surface area contributed by atoms with Crippen LogP contribution < -0.4 is 9.62 Å². The van der Waals surface area contributed by atoms with Crippen molar-refractivity contribution in [2.75, 3.05) is 11.4 Å². The van der Waals surface area contributed by atoms with E-state index in [1.165, 1.54) is 6.07 Å². The Kier molecular flexibility index (Phi) is 5.25. The number of rotatable bonds is 5. The summed E-state index contributed by atoms with van der Waals surface area (Å²) < 4.78 is 28.0. The monoisotopic (exact) mass is 432 g/mol. The van der Waals surface area contributed by atoms with E-state index >= 15 is 0 Å². The normalized spacial score (nSPS) is 13.5. The zero-order valence-electron chi connectivity index (χ0n) is 14.8. The number of sulfonamides is 1. The number of halogens is 1. The largest absolute Gasteiger partial charge is 0.308 e. The molecule has 8 heteroatoms. The van der Waals surface area contributed by atoms with Crippen LogP contribution >= 0.6 is 22.9 Å². The number of hydrogen-bond acceptors (Lipinski definition) is 4. The second-order valence-corrected chi connectivity index (χ2v) is 10.1. The Bertz CT molecular complexity index is 1130. The van der Waals surface area contributed by atoms with E-state index in [2.05, 4.69) is 4.72 Å². The van der Waals surface area contributed by atoms with Gasteiger partial charge in [-0.15, -0.1) is 11.3 Å². The fourth-order valence-corrected chi connectivity index (χ4v) is 5.72. The van der Waals surface area contributed by atoms with Gasteiger partial charge in [-0.3, -0.25) is 4.79 Å². The molecule has 0 unspecified atom stereocenters. The molecule has 1 N–H and O–H groups in total. The van der Waals surface area contributed by atoms with Crippen LogP contribution in [-0.2, 0) is 23.0 Å². The Morgan fingerprint density at radius 3 is 2.61 bits per heavy atom. The van der Waals surface area contributed by atoms with Gasteiger partial charge in [-0.1, -0.05) is 41.9 Å². The Balaban J connectivity index is 1.53. The van der Waals surface area contributed by atoms with Crippen molar-refractivity contribution in [3.63, 3.8) is 0 Å². The Hall–Kier alpha value is -2.19. The van der Waals surface area contributed by atoms with E-state index in [1.807, 2.05) is 36.4 Å². The fraction of sp³-hybridized carbons (Fsp3) is 0.150. The molecule has 1 amide bonds. The number of fused-ring (bicyclic) bond motifs is 1. The molecule has 0 spiro atoms. The maximum Gasteiger partial charge on any atom is 0.258 e. The highest BCUT2D eigenvalue weighted by molar-refractivity contribution is 7.91. The van der Waals surface area contributed by atoms with Gasteiger partial charge in [0.1, 0.15) is 4.21 Å². The first-order valence-corrected chi connectivity index (χ1v) is 11.4. The maximum absolute atomic E-state index is 12.8. The second kappa shape index (κ2) is 7.67. The second-order valence-electron chi connectivity index (χ2n) is 6.42. The van der Waals surface area contributed by atoms with Gasteiger partial charge in [0.05, 0.1) is 4.34 Å². The van der Waals surface area contributed by atoms with Gasteiger partial charge in [-0.05, 0) is 47.9 Å². The number of nitrogens with zero attached hydrogens (tertiary/aromatic N) is 1. The number of amides is 1. The molecule has 144 valence electrons. The topological polar surface area (TPSA) is 66.5 Å². The Labute approximate surface area is 172 Å². The summed E-state index contributed by atoms with van der Waals surface area (Å²) in [5.74, 6) is -0.0506. The summed E-state index contributed by atoms with van der Waals surface area (Å²) in [6, 6.07) is 17.9. The highest BCUT2D eigenvalue weighted by atomic mass is 35.5. The number of thiophene rings is 1. The van der Waals surface area contributed by atoms with Crippen LogP contribution in [0.25, 0.3) is 0 Å². The van der Waals surface area contributed by atoms with Crippen LogP contribution in [0.5, 0.6) is 0 Å². The number of carbonyl (C=O) groups is 1. The first kappa shape index (κ1) is 19.1. The third-order valence-electron chi connectivity index (χ3n) is 4.59. The van der Waals surface area contributed by atoms with Crippen molar-refractivity contribution in [2.45, 2.75) is 17.2 Å². The zero-order valence-corrected chi connectivity index (χ0v) is 17.2. The molecule has 1 aliphatic rings. The smallest absolute Gasteiger partial charge is 0.258 e. The van der Waals surface area contributed by atoms with Crippen LogP contribution in [0.1, 0.15) is 21.5 Å². The third-order valence-corrected chi connectivity index (χ3v) is 7.72. The molecule has 0 fully saturated rings. The molecule has 0 aliphatic carbocycles. The quantitative estimate of drug-likeness (QED) is 0.660. The summed E-state index contributed by atoms with van der Waals surface area (Å²) in [5.41, 5.74) is 3.35. The van der Waals surface area contributed by atoms with Crippen molar-refractivity contribution in [3.8, 4) is 0 Å². The van der Waals surface area contributed by atoms with Crippen molar-refractivity contribution in [2.24, 2.45) is 0 Å². The third kappa shape index (κ3) is 3.84. The Morgan fingerprint density at radius 1 is 1.11 bits per heavy atom. The average molecular weight is 433 g/mol. The summed E-state index contributed by atoms with van der Waals surface area (Å²) in [5, 5.41) is 0. The lowest BCUT2D eigenvalue weighted by Crippen LogP contribution is -2.29. The highest BCUT2D eigenvalue weighted by Crippen LogP contribution is 2.31. The van der Waals surface area contributed by atoms with Crippen molar-refractivity contribution in [3.05, 3.63) is 81.7 Å². The molecular formula is C20H17ClN2O3S2. The van der Waals surface area contributed by atoms with Gasteiger partial charge in [0.15, 0.2) is 0 Å². The molecule has 2 aromatic carbocycles. The van der Waals surface area contributed by atoms with Crippen LogP contribution in [0.15, 0.2) is 64.9 Å². The summed E-state index contributed by atoms with van der Waals surface area (Å²) in [6.45, 7) is 0.754. The highest BCUT2D eigenvalue weighted by Gasteiger charge is 2.26. The van der Waals surface area contributed by atoms with E-state index in [4.69, 9.17) is 11.6 Å². The molecule has 4 rings (SSSR count). The van der Waals surface area contributed by atoms with E-state index < -0.39 is 10.0 Å². The minimum atomic E-state index is -3.62. The van der Waals surface area contributed by atoms with Gasteiger partial charge >= 0.3 is 0 Å². The van der Waals surface area contributed by atoms with Crippen molar-refractivity contribution in [1.82, 2.24) is 4.72 Å². The molecule has 0 radical (unpaired) electrons. The first-order valence-electron chi connectivity index (χ1n) is 8.68. The summed E-state index contributed by atoms with van der Waals surface area (Å²) in [7, 11) is -3.62. The van der Waals surface area contributed by atoms with Crippen molar-refractivity contribution >= 4 is 44.6 Å². The van der Waals surface area contributed by atoms with E-state index in [9.17, 15) is 13.2 Å². The van der Waals surface area contributed by atoms with Crippen LogP contribution in [0.4, 0.5) is 5.69 Å². The number of anilines is 1. The lowest BCUT2D eigenvalue weighted by Gasteiger charge is -2.18. The molecule has 3 aromatic rings.